The Kier molecular flexibility index (Phi) is 24.6. The topological polar surface area (TPSA) is 0 Å². The van der Waals surface area contributed by atoms with Gasteiger partial charge < -0.3 is 0 Å². The van der Waals surface area contributed by atoms with Gasteiger partial charge in [0.15, 0.2) is 0 Å². The first kappa shape index (κ1) is 39.8. The van der Waals surface area contributed by atoms with Crippen molar-refractivity contribution in [1.82, 2.24) is 0 Å². The predicted octanol–water partition coefficient (Wildman–Crippen LogP) is 13.8. The summed E-state index contributed by atoms with van der Waals surface area (Å²) in [5, 5.41) is 0. The standard InChI is InChI=1S/2C12H18Br6/c2*13-7-1-2-8(14)10(16)5-6-12(18)11(17)4-3-9(7)15/h2*7-12H,1-6H2. The molecular weight excluding hydrogens is 1250 g/mol. The van der Waals surface area contributed by atoms with Crippen LogP contribution in [0.4, 0.5) is 0 Å². The quantitative estimate of drug-likeness (QED) is 0.212. The first-order valence-electron chi connectivity index (χ1n) is 12.5. The zero-order valence-corrected chi connectivity index (χ0v) is 39.0. The highest BCUT2D eigenvalue weighted by Crippen LogP contribution is 2.35. The van der Waals surface area contributed by atoms with E-state index in [0.717, 1.165) is 0 Å². The van der Waals surface area contributed by atoms with Gasteiger partial charge in [-0.05, 0) is 77.0 Å². The molecule has 0 aromatic rings. The zero-order chi connectivity index (χ0) is 27.4. The first-order valence-corrected chi connectivity index (χ1v) is 23.5. The maximum Gasteiger partial charge on any atom is 0.0271 e. The van der Waals surface area contributed by atoms with E-state index >= 15 is 0 Å². The van der Waals surface area contributed by atoms with Crippen LogP contribution in [0.2, 0.25) is 0 Å². The average Bonchev–Trinajstić information content (AvgIpc) is 2.86. The van der Waals surface area contributed by atoms with Gasteiger partial charge in [0.25, 0.3) is 0 Å². The summed E-state index contributed by atoms with van der Waals surface area (Å²) in [4.78, 5) is 6.72. The van der Waals surface area contributed by atoms with Crippen molar-refractivity contribution in [3.8, 4) is 0 Å². The summed E-state index contributed by atoms with van der Waals surface area (Å²) in [6.45, 7) is 0. The van der Waals surface area contributed by atoms with Gasteiger partial charge in [0, 0.05) is 57.9 Å². The lowest BCUT2D eigenvalue weighted by Gasteiger charge is -2.25. The Bertz CT molecular complexity index is 397. The summed E-state index contributed by atoms with van der Waals surface area (Å²) in [5.41, 5.74) is 0. The van der Waals surface area contributed by atoms with Crippen molar-refractivity contribution in [2.45, 2.75) is 135 Å². The monoisotopic (exact) mass is 1270 g/mol. The first-order chi connectivity index (χ1) is 16.8. The Morgan fingerprint density at radius 3 is 0.278 bits per heavy atom. The Morgan fingerprint density at radius 1 is 0.167 bits per heavy atom. The van der Waals surface area contributed by atoms with Crippen LogP contribution in [0.25, 0.3) is 0 Å². The highest BCUT2D eigenvalue weighted by atomic mass is 79.9. The number of alkyl halides is 12. The fourth-order valence-corrected chi connectivity index (χ4v) is 10.4. The van der Waals surface area contributed by atoms with Gasteiger partial charge in [0.2, 0.25) is 0 Å². The molecule has 0 spiro atoms. The maximum absolute atomic E-state index is 3.82. The van der Waals surface area contributed by atoms with E-state index in [9.17, 15) is 0 Å². The predicted molar refractivity (Wildman–Crippen MR) is 208 cm³/mol. The van der Waals surface area contributed by atoms with Crippen LogP contribution in [0.3, 0.4) is 0 Å². The third kappa shape index (κ3) is 16.7. The van der Waals surface area contributed by atoms with Crippen LogP contribution in [-0.4, -0.2) is 57.9 Å². The van der Waals surface area contributed by atoms with Crippen LogP contribution in [0.5, 0.6) is 0 Å². The minimum absolute atomic E-state index is 0.560. The average molecular weight is 1280 g/mol. The molecule has 36 heavy (non-hydrogen) atoms. The van der Waals surface area contributed by atoms with E-state index in [0.29, 0.717) is 57.9 Å². The molecule has 0 aromatic carbocycles. The van der Waals surface area contributed by atoms with Crippen molar-refractivity contribution in [1.29, 1.82) is 0 Å². The minimum Gasteiger partial charge on any atom is -0.0879 e. The summed E-state index contributed by atoms with van der Waals surface area (Å²) in [6, 6.07) is 0. The summed E-state index contributed by atoms with van der Waals surface area (Å²) < 4.78 is 0. The molecule has 0 radical (unpaired) electrons. The molecule has 0 heterocycles. The van der Waals surface area contributed by atoms with E-state index in [-0.39, 0.29) is 0 Å². The smallest absolute Gasteiger partial charge is 0.0271 e. The molecule has 0 nitrogen and oxygen atoms in total. The van der Waals surface area contributed by atoms with Gasteiger partial charge >= 0.3 is 0 Å². The second-order valence-electron chi connectivity index (χ2n) is 9.66. The summed E-state index contributed by atoms with van der Waals surface area (Å²) in [5.74, 6) is 0. The van der Waals surface area contributed by atoms with E-state index in [1.807, 2.05) is 0 Å². The highest BCUT2D eigenvalue weighted by Gasteiger charge is 2.27. The van der Waals surface area contributed by atoms with Gasteiger partial charge in [-0.25, -0.2) is 0 Å². The lowest BCUT2D eigenvalue weighted by molar-refractivity contribution is 0.557. The van der Waals surface area contributed by atoms with Gasteiger partial charge in [0.1, 0.15) is 0 Å². The molecular formula is C24H36Br12. The van der Waals surface area contributed by atoms with Gasteiger partial charge in [-0.3, -0.25) is 0 Å². The van der Waals surface area contributed by atoms with Crippen LogP contribution in [0, 0.1) is 0 Å². The van der Waals surface area contributed by atoms with E-state index < -0.39 is 0 Å². The Labute approximate surface area is 321 Å². The normalized spacial score (nSPS) is 45.0. The molecule has 12 unspecified atom stereocenters. The largest absolute Gasteiger partial charge is 0.0879 e. The molecule has 2 rings (SSSR count). The number of hydrogen-bond acceptors (Lipinski definition) is 0. The molecule has 0 aliphatic heterocycles. The number of rotatable bonds is 0. The van der Waals surface area contributed by atoms with Gasteiger partial charge in [-0.15, -0.1) is 0 Å². The molecule has 12 heteroatoms. The van der Waals surface area contributed by atoms with Crippen molar-refractivity contribution in [3.63, 3.8) is 0 Å². The van der Waals surface area contributed by atoms with Crippen LogP contribution >= 0.6 is 191 Å². The van der Waals surface area contributed by atoms with Crippen molar-refractivity contribution >= 4 is 191 Å². The molecule has 216 valence electrons. The molecule has 2 saturated carbocycles. The van der Waals surface area contributed by atoms with Crippen LogP contribution < -0.4 is 0 Å². The van der Waals surface area contributed by atoms with Crippen molar-refractivity contribution in [2.75, 3.05) is 0 Å². The van der Waals surface area contributed by atoms with Crippen LogP contribution in [-0.2, 0) is 0 Å². The molecule has 0 N–H and O–H groups in total. The lowest BCUT2D eigenvalue weighted by atomic mass is 10.0. The zero-order valence-electron chi connectivity index (χ0n) is 19.9. The fourth-order valence-electron chi connectivity index (χ4n) is 4.08. The Balaban J connectivity index is 0.000000360. The molecule has 2 aliphatic carbocycles. The van der Waals surface area contributed by atoms with Gasteiger partial charge in [-0.2, -0.15) is 0 Å². The van der Waals surface area contributed by atoms with E-state index in [2.05, 4.69) is 191 Å². The Morgan fingerprint density at radius 2 is 0.222 bits per heavy atom. The van der Waals surface area contributed by atoms with E-state index in [4.69, 9.17) is 0 Å². The van der Waals surface area contributed by atoms with Gasteiger partial charge in [0.05, 0.1) is 0 Å². The molecule has 2 fully saturated rings. The minimum atomic E-state index is 0.560. The third-order valence-corrected chi connectivity index (χ3v) is 24.1. The summed E-state index contributed by atoms with van der Waals surface area (Å²) in [6.07, 6.45) is 14.5. The molecule has 0 saturated heterocycles. The van der Waals surface area contributed by atoms with Crippen molar-refractivity contribution in [2.24, 2.45) is 0 Å². The maximum atomic E-state index is 3.82. The van der Waals surface area contributed by atoms with Crippen LogP contribution in [0.1, 0.15) is 77.0 Å². The van der Waals surface area contributed by atoms with Gasteiger partial charge in [-0.1, -0.05) is 191 Å². The molecule has 0 bridgehead atoms. The van der Waals surface area contributed by atoms with Crippen molar-refractivity contribution < 1.29 is 0 Å². The van der Waals surface area contributed by atoms with Crippen molar-refractivity contribution in [3.05, 3.63) is 0 Å². The molecule has 0 aromatic heterocycles. The fraction of sp³-hybridized carbons (Fsp3) is 1.00. The Hall–Kier alpha value is 5.76. The highest BCUT2D eigenvalue weighted by molar-refractivity contribution is 9.13. The molecule has 0 amide bonds. The van der Waals surface area contributed by atoms with E-state index in [1.165, 1.54) is 77.0 Å². The SMILES string of the molecule is BrC1CCC(Br)C(Br)CCC(Br)C(Br)CCC1Br.BrC1CCC(Br)C(Br)CCC(Br)C(Br)CCC1Br. The second-order valence-corrected chi connectivity index (χ2v) is 23.8. The second kappa shape index (κ2) is 22.3. The lowest BCUT2D eigenvalue weighted by Crippen LogP contribution is -2.25. The number of hydrogen-bond donors (Lipinski definition) is 0. The van der Waals surface area contributed by atoms with Crippen LogP contribution in [0.15, 0.2) is 0 Å². The summed E-state index contributed by atoms with van der Waals surface area (Å²) >= 11 is 45.8. The third-order valence-electron chi connectivity index (χ3n) is 6.66. The number of halogens is 12. The molecule has 12 atom stereocenters. The van der Waals surface area contributed by atoms with E-state index in [1.54, 1.807) is 0 Å². The summed E-state index contributed by atoms with van der Waals surface area (Å²) in [7, 11) is 0. The molecule has 2 aliphatic rings.